The van der Waals surface area contributed by atoms with Gasteiger partial charge in [0.25, 0.3) is 5.91 Å². The summed E-state index contributed by atoms with van der Waals surface area (Å²) in [4.78, 5) is 45.4. The van der Waals surface area contributed by atoms with Gasteiger partial charge >= 0.3 is 5.97 Å². The van der Waals surface area contributed by atoms with Crippen molar-refractivity contribution in [3.05, 3.63) is 54.6 Å². The molecule has 6 atom stereocenters. The molecule has 1 N–H and O–H groups in total. The average Bonchev–Trinajstić information content (AvgIpc) is 3.43. The van der Waals surface area contributed by atoms with Crippen LogP contribution in [0.3, 0.4) is 0 Å². The van der Waals surface area contributed by atoms with Crippen molar-refractivity contribution in [1.82, 2.24) is 4.90 Å². The van der Waals surface area contributed by atoms with Crippen molar-refractivity contribution in [2.24, 2.45) is 17.8 Å². The molecule has 206 valence electrons. The molecule has 8 nitrogen and oxygen atoms in total. The fourth-order valence-electron chi connectivity index (χ4n) is 6.80. The Bertz CT molecular complexity index is 1150. The largest absolute Gasteiger partial charge is 0.461 e. The Morgan fingerprint density at radius 2 is 1.97 bits per heavy atom. The van der Waals surface area contributed by atoms with Gasteiger partial charge in [-0.1, -0.05) is 44.7 Å². The Labute approximate surface area is 225 Å². The predicted molar refractivity (Wildman–Crippen MR) is 144 cm³/mol. The monoisotopic (exact) mass is 524 g/mol. The van der Waals surface area contributed by atoms with Crippen LogP contribution in [-0.4, -0.2) is 70.8 Å². The average molecular weight is 525 g/mol. The van der Waals surface area contributed by atoms with Gasteiger partial charge in [-0.2, -0.15) is 0 Å². The zero-order valence-corrected chi connectivity index (χ0v) is 23.1. The summed E-state index contributed by atoms with van der Waals surface area (Å²) in [6.07, 6.45) is 4.10. The Morgan fingerprint density at radius 1 is 1.26 bits per heavy atom. The first-order chi connectivity index (χ1) is 18.0. The van der Waals surface area contributed by atoms with Gasteiger partial charge < -0.3 is 24.4 Å². The van der Waals surface area contributed by atoms with E-state index in [1.54, 1.807) is 11.0 Å². The second-order valence-corrected chi connectivity index (χ2v) is 11.4. The molecule has 2 bridgehead atoms. The topological polar surface area (TPSA) is 96.4 Å². The van der Waals surface area contributed by atoms with Crippen LogP contribution in [0.1, 0.15) is 44.7 Å². The van der Waals surface area contributed by atoms with Crippen LogP contribution in [0.25, 0.3) is 0 Å². The Hall–Kier alpha value is -2.97. The summed E-state index contributed by atoms with van der Waals surface area (Å²) in [6, 6.07) is 4.25. The quantitative estimate of drug-likeness (QED) is 0.373. The number of ether oxygens (including phenoxy) is 2. The molecule has 2 unspecified atom stereocenters. The van der Waals surface area contributed by atoms with Gasteiger partial charge in [0.1, 0.15) is 24.2 Å². The van der Waals surface area contributed by atoms with Gasteiger partial charge in [0.2, 0.25) is 5.91 Å². The zero-order chi connectivity index (χ0) is 28.0. The van der Waals surface area contributed by atoms with Crippen molar-refractivity contribution in [2.75, 3.05) is 24.7 Å². The molecule has 3 heterocycles. The molecule has 4 rings (SSSR count). The minimum absolute atomic E-state index is 0.0242. The van der Waals surface area contributed by atoms with Gasteiger partial charge in [-0.3, -0.25) is 14.4 Å². The first-order valence-electron chi connectivity index (χ1n) is 13.4. The van der Waals surface area contributed by atoms with Crippen LogP contribution in [0.15, 0.2) is 43.5 Å². The standard InChI is InChI=1S/C30H40N2O6/c1-8-14-31(21-16-19(5)10-11-20(21)6)27(35)25-30-13-12-29(7,38-30)24(28(36)37-15-9-2)23(30)26(34)32(25)22(17-33)18(3)4/h8-11,16,18,22-25,33H,1-2,12-15,17H2,3-7H3/t22-,23-,24-,25?,29+,30?/m0/s1. The van der Waals surface area contributed by atoms with Gasteiger partial charge in [-0.25, -0.2) is 0 Å². The molecular formula is C30H40N2O6. The van der Waals surface area contributed by atoms with Crippen LogP contribution >= 0.6 is 0 Å². The predicted octanol–water partition coefficient (Wildman–Crippen LogP) is 3.33. The normalized spacial score (nSPS) is 30.3. The smallest absolute Gasteiger partial charge is 0.313 e. The van der Waals surface area contributed by atoms with Gasteiger partial charge in [0.15, 0.2) is 0 Å². The minimum atomic E-state index is -1.21. The number of carbonyl (C=O) groups is 3. The van der Waals surface area contributed by atoms with E-state index in [9.17, 15) is 19.5 Å². The summed E-state index contributed by atoms with van der Waals surface area (Å²) in [6.45, 7) is 17.0. The number of anilines is 1. The van der Waals surface area contributed by atoms with E-state index in [2.05, 4.69) is 13.2 Å². The second-order valence-electron chi connectivity index (χ2n) is 11.4. The number of rotatable bonds is 10. The summed E-state index contributed by atoms with van der Waals surface area (Å²) >= 11 is 0. The molecule has 0 radical (unpaired) electrons. The number of amides is 2. The third-order valence-corrected chi connectivity index (χ3v) is 8.59. The van der Waals surface area contributed by atoms with E-state index in [4.69, 9.17) is 9.47 Å². The summed E-state index contributed by atoms with van der Waals surface area (Å²) < 4.78 is 12.1. The SMILES string of the molecule is C=CCOC(=O)[C@@H]1[C@H]2C(=O)N([C@@H](CO)C(C)C)C(C(=O)N(CC=C)c3cc(C)ccc3C)C23CC[C@@]1(C)O3. The number of esters is 1. The first kappa shape index (κ1) is 28.0. The van der Waals surface area contributed by atoms with Crippen LogP contribution in [0.4, 0.5) is 5.69 Å². The first-order valence-corrected chi connectivity index (χ1v) is 13.4. The maximum Gasteiger partial charge on any atom is 0.313 e. The molecular weight excluding hydrogens is 484 g/mol. The number of hydrogen-bond donors (Lipinski definition) is 1. The van der Waals surface area contributed by atoms with E-state index >= 15 is 0 Å². The highest BCUT2D eigenvalue weighted by atomic mass is 16.6. The molecule has 2 amide bonds. The van der Waals surface area contributed by atoms with E-state index in [0.717, 1.165) is 16.8 Å². The molecule has 1 aromatic rings. The van der Waals surface area contributed by atoms with E-state index in [-0.39, 0.29) is 37.5 Å². The molecule has 3 fully saturated rings. The lowest BCUT2D eigenvalue weighted by Gasteiger charge is -2.40. The number of carbonyl (C=O) groups excluding carboxylic acids is 3. The van der Waals surface area contributed by atoms with Gasteiger partial charge in [-0.15, -0.1) is 6.58 Å². The summed E-state index contributed by atoms with van der Waals surface area (Å²) in [7, 11) is 0. The lowest BCUT2D eigenvalue weighted by atomic mass is 9.66. The summed E-state index contributed by atoms with van der Waals surface area (Å²) in [5.41, 5.74) is 0.493. The number of hydrogen-bond acceptors (Lipinski definition) is 6. The van der Waals surface area contributed by atoms with E-state index in [1.807, 2.05) is 52.8 Å². The number of aliphatic hydroxyl groups is 1. The van der Waals surface area contributed by atoms with Crippen LogP contribution in [-0.2, 0) is 23.9 Å². The molecule has 1 spiro atoms. The molecule has 0 saturated carbocycles. The van der Waals surface area contributed by atoms with E-state index in [1.165, 1.54) is 11.0 Å². The molecule has 1 aromatic carbocycles. The molecule has 8 heteroatoms. The number of aliphatic hydroxyl groups excluding tert-OH is 1. The van der Waals surface area contributed by atoms with Crippen LogP contribution in [0, 0.1) is 31.6 Å². The fraction of sp³-hybridized carbons (Fsp3) is 0.567. The molecule has 3 aliphatic rings. The molecule has 3 aliphatic heterocycles. The number of nitrogens with zero attached hydrogens (tertiary/aromatic N) is 2. The maximum atomic E-state index is 14.7. The van der Waals surface area contributed by atoms with Gasteiger partial charge in [0.05, 0.1) is 24.2 Å². The highest BCUT2D eigenvalue weighted by Crippen LogP contribution is 2.64. The van der Waals surface area contributed by atoms with Crippen molar-refractivity contribution in [3.8, 4) is 0 Å². The number of benzene rings is 1. The fourth-order valence-corrected chi connectivity index (χ4v) is 6.80. The van der Waals surface area contributed by atoms with Crippen LogP contribution < -0.4 is 4.90 Å². The number of fused-ring (bicyclic) bond motifs is 1. The minimum Gasteiger partial charge on any atom is -0.461 e. The van der Waals surface area contributed by atoms with Crippen LogP contribution in [0.5, 0.6) is 0 Å². The molecule has 3 saturated heterocycles. The van der Waals surface area contributed by atoms with Crippen molar-refractivity contribution in [1.29, 1.82) is 0 Å². The Balaban J connectivity index is 1.87. The van der Waals surface area contributed by atoms with E-state index in [0.29, 0.717) is 12.8 Å². The number of aryl methyl sites for hydroxylation is 2. The van der Waals surface area contributed by atoms with Crippen LogP contribution in [0.2, 0.25) is 0 Å². The zero-order valence-electron chi connectivity index (χ0n) is 23.1. The van der Waals surface area contributed by atoms with Crippen molar-refractivity contribution in [3.63, 3.8) is 0 Å². The third kappa shape index (κ3) is 4.18. The van der Waals surface area contributed by atoms with Crippen molar-refractivity contribution in [2.45, 2.75) is 70.7 Å². The Morgan fingerprint density at radius 3 is 2.58 bits per heavy atom. The molecule has 0 aliphatic carbocycles. The van der Waals surface area contributed by atoms with Crippen molar-refractivity contribution < 1.29 is 29.0 Å². The maximum absolute atomic E-state index is 14.7. The molecule has 38 heavy (non-hydrogen) atoms. The highest BCUT2D eigenvalue weighted by molar-refractivity contribution is 6.05. The summed E-state index contributed by atoms with van der Waals surface area (Å²) in [5.74, 6) is -3.06. The lowest BCUT2D eigenvalue weighted by Crippen LogP contribution is -2.60. The lowest BCUT2D eigenvalue weighted by molar-refractivity contribution is -0.160. The summed E-state index contributed by atoms with van der Waals surface area (Å²) in [5, 5.41) is 10.4. The van der Waals surface area contributed by atoms with Crippen molar-refractivity contribution >= 4 is 23.5 Å². The van der Waals surface area contributed by atoms with Gasteiger partial charge in [-0.05, 0) is 56.7 Å². The second kappa shape index (κ2) is 10.3. The molecule has 0 aromatic heterocycles. The Kier molecular flexibility index (Phi) is 7.60. The van der Waals surface area contributed by atoms with E-state index < -0.39 is 41.1 Å². The third-order valence-electron chi connectivity index (χ3n) is 8.59. The number of likely N-dealkylation sites (tertiary alicyclic amines) is 1. The van der Waals surface area contributed by atoms with Gasteiger partial charge in [0, 0.05) is 12.2 Å². The highest BCUT2D eigenvalue weighted by Gasteiger charge is 2.79.